The molecule has 1 saturated heterocycles. The molecule has 4 aromatic rings. The third-order valence-electron chi connectivity index (χ3n) is 9.83. The molecule has 1 aromatic heterocycles. The van der Waals surface area contributed by atoms with Gasteiger partial charge in [0.15, 0.2) is 5.82 Å². The zero-order valence-corrected chi connectivity index (χ0v) is 30.4. The number of H-pyrrole nitrogens is 1. The second-order valence-electron chi connectivity index (χ2n) is 13.8. The summed E-state index contributed by atoms with van der Waals surface area (Å²) in [7, 11) is -0.530. The van der Waals surface area contributed by atoms with Gasteiger partial charge < -0.3 is 23.8 Å². The molecule has 2 aliphatic rings. The molecule has 3 atom stereocenters. The Morgan fingerprint density at radius 2 is 1.82 bits per heavy atom. The fraction of sp³-hybridized carbons (Fsp3) is 0.486. The number of nitrogens with one attached hydrogen (secondary N) is 1. The Bertz CT molecular complexity index is 1800. The summed E-state index contributed by atoms with van der Waals surface area (Å²) in [5.74, 6) is 2.06. The van der Waals surface area contributed by atoms with Gasteiger partial charge in [-0.15, -0.1) is 10.2 Å². The van der Waals surface area contributed by atoms with Crippen molar-refractivity contribution in [2.75, 3.05) is 52.0 Å². The molecule has 3 heterocycles. The summed E-state index contributed by atoms with van der Waals surface area (Å²) in [4.78, 5) is 2.59. The van der Waals surface area contributed by atoms with Crippen LogP contribution in [0.5, 0.6) is 11.5 Å². The number of ether oxygens (including phenoxy) is 4. The first-order valence-corrected chi connectivity index (χ1v) is 18.6. The van der Waals surface area contributed by atoms with Crippen molar-refractivity contribution in [3.63, 3.8) is 0 Å². The number of fused-ring (bicyclic) bond motifs is 1. The summed E-state index contributed by atoms with van der Waals surface area (Å²) >= 11 is 0. The highest BCUT2D eigenvalue weighted by Crippen LogP contribution is 2.42. The Morgan fingerprint density at radius 3 is 2.52 bits per heavy atom. The first-order valence-electron chi connectivity index (χ1n) is 17.2. The number of tetrazole rings is 1. The maximum absolute atomic E-state index is 14.5. The van der Waals surface area contributed by atoms with E-state index in [-0.39, 0.29) is 23.4 Å². The van der Waals surface area contributed by atoms with Gasteiger partial charge in [-0.3, -0.25) is 0 Å². The predicted octanol–water partition coefficient (Wildman–Crippen LogP) is 5.25. The van der Waals surface area contributed by atoms with Crippen molar-refractivity contribution in [2.24, 2.45) is 0 Å². The molecule has 1 N–H and O–H groups in total. The molecule has 2 aliphatic heterocycles. The first kappa shape index (κ1) is 35.8. The van der Waals surface area contributed by atoms with E-state index >= 15 is 0 Å². The Morgan fingerprint density at radius 1 is 1.04 bits per heavy atom. The van der Waals surface area contributed by atoms with Gasteiger partial charge in [0.1, 0.15) is 18.1 Å². The average Bonchev–Trinajstić information content (AvgIpc) is 3.68. The van der Waals surface area contributed by atoms with E-state index in [1.165, 1.54) is 0 Å². The van der Waals surface area contributed by atoms with Crippen LogP contribution >= 0.6 is 0 Å². The number of sulfonamides is 1. The number of anilines is 1. The van der Waals surface area contributed by atoms with E-state index in [1.54, 1.807) is 30.7 Å². The van der Waals surface area contributed by atoms with Crippen LogP contribution in [-0.2, 0) is 31.5 Å². The zero-order chi connectivity index (χ0) is 35.3. The number of piperidine rings is 1. The molecule has 0 unspecified atom stereocenters. The first-order chi connectivity index (χ1) is 24.1. The number of rotatable bonds is 14. The maximum atomic E-state index is 14.5. The quantitative estimate of drug-likeness (QED) is 0.174. The van der Waals surface area contributed by atoms with Crippen molar-refractivity contribution in [3.8, 4) is 11.5 Å². The summed E-state index contributed by atoms with van der Waals surface area (Å²) in [5.41, 5.74) is 3.53. The number of aryl methyl sites for hydroxylation is 1. The molecule has 0 bridgehead atoms. The lowest BCUT2D eigenvalue weighted by Crippen LogP contribution is -2.53. The topological polar surface area (TPSA) is 132 Å². The van der Waals surface area contributed by atoms with Crippen LogP contribution in [-0.4, -0.2) is 92.6 Å². The molecule has 0 amide bonds. The van der Waals surface area contributed by atoms with Gasteiger partial charge in [0.25, 0.3) is 0 Å². The highest BCUT2D eigenvalue weighted by Gasteiger charge is 2.45. The lowest BCUT2D eigenvalue weighted by Gasteiger charge is -2.45. The Kier molecular flexibility index (Phi) is 11.1. The van der Waals surface area contributed by atoms with E-state index in [0.717, 1.165) is 53.4 Å². The van der Waals surface area contributed by atoms with E-state index in [2.05, 4.69) is 43.7 Å². The van der Waals surface area contributed by atoms with E-state index in [9.17, 15) is 8.42 Å². The molecule has 0 radical (unpaired) electrons. The highest BCUT2D eigenvalue weighted by atomic mass is 32.2. The second kappa shape index (κ2) is 15.5. The molecular formula is C37H48N6O6S. The third kappa shape index (κ3) is 7.96. The van der Waals surface area contributed by atoms with Gasteiger partial charge in [-0.1, -0.05) is 55.0 Å². The average molecular weight is 705 g/mol. The van der Waals surface area contributed by atoms with E-state index in [4.69, 9.17) is 18.9 Å². The summed E-state index contributed by atoms with van der Waals surface area (Å²) in [5, 5.41) is 14.9. The van der Waals surface area contributed by atoms with Crippen molar-refractivity contribution in [1.82, 2.24) is 24.9 Å². The normalized spacial score (nSPS) is 19.9. The van der Waals surface area contributed by atoms with Gasteiger partial charge >= 0.3 is 0 Å². The van der Waals surface area contributed by atoms with E-state index in [1.807, 2.05) is 57.2 Å². The van der Waals surface area contributed by atoms with Crippen LogP contribution < -0.4 is 14.4 Å². The van der Waals surface area contributed by atoms with Crippen LogP contribution in [0.25, 0.3) is 0 Å². The number of hydrogen-bond donors (Lipinski definition) is 1. The van der Waals surface area contributed by atoms with Crippen LogP contribution in [0.4, 0.5) is 5.69 Å². The fourth-order valence-electron chi connectivity index (χ4n) is 7.08. The molecule has 0 spiro atoms. The van der Waals surface area contributed by atoms with Crippen LogP contribution in [0.15, 0.2) is 71.6 Å². The zero-order valence-electron chi connectivity index (χ0n) is 29.5. The van der Waals surface area contributed by atoms with Crippen LogP contribution in [0.2, 0.25) is 0 Å². The summed E-state index contributed by atoms with van der Waals surface area (Å²) in [6.45, 7) is 9.49. The lowest BCUT2D eigenvalue weighted by atomic mass is 9.77. The van der Waals surface area contributed by atoms with Crippen molar-refractivity contribution in [1.29, 1.82) is 0 Å². The lowest BCUT2D eigenvalue weighted by molar-refractivity contribution is -0.0231. The fourth-order valence-corrected chi connectivity index (χ4v) is 8.73. The summed E-state index contributed by atoms with van der Waals surface area (Å²) in [6, 6.07) is 20.8. The SMILES string of the molecule is COCCCN1CCOc2ccc(CO[C@H]3CN(S(=O)(=O)c4ccc(C)cc4)[C@H](CC(C)(C)c4nn[nH]n4)C[C@@H]3c3ccc(OC)cc3)cc21. The molecule has 12 nitrogen and oxygen atoms in total. The molecule has 0 saturated carbocycles. The summed E-state index contributed by atoms with van der Waals surface area (Å²) in [6.07, 6.45) is 1.51. The molecule has 0 aliphatic carbocycles. The maximum Gasteiger partial charge on any atom is 0.243 e. The molecule has 3 aromatic carbocycles. The number of nitrogens with zero attached hydrogens (tertiary/aromatic N) is 5. The van der Waals surface area contributed by atoms with Gasteiger partial charge in [0, 0.05) is 44.2 Å². The van der Waals surface area contributed by atoms with Gasteiger partial charge in [0.05, 0.1) is 36.9 Å². The molecule has 50 heavy (non-hydrogen) atoms. The number of benzene rings is 3. The Labute approximate surface area is 295 Å². The van der Waals surface area contributed by atoms with E-state index < -0.39 is 21.5 Å². The minimum Gasteiger partial charge on any atom is -0.497 e. The number of methoxy groups -OCH3 is 2. The molecule has 268 valence electrons. The minimum absolute atomic E-state index is 0.0945. The van der Waals surface area contributed by atoms with Gasteiger partial charge in [-0.25, -0.2) is 8.42 Å². The van der Waals surface area contributed by atoms with Crippen molar-refractivity contribution in [2.45, 2.75) is 75.0 Å². The van der Waals surface area contributed by atoms with E-state index in [0.29, 0.717) is 38.5 Å². The standard InChI is InChI=1S/C37H48N6O6S/c1-26-7-14-31(15-8-26)50(44,45)43-24-35(49-25-27-9-16-34-33(21-27)42(18-20-48-34)17-6-19-46-4)32(28-10-12-30(47-5)13-11-28)22-29(43)23-37(2,3)36-38-40-41-39-36/h7-16,21,29,32,35H,6,17-20,22-25H2,1-5H3,(H,38,39,40,41)/t29-,32+,35-/m0/s1. The Balaban J connectivity index is 1.33. The number of aromatic nitrogens is 4. The van der Waals surface area contributed by atoms with Gasteiger partial charge in [-0.2, -0.15) is 9.52 Å². The minimum atomic E-state index is -3.90. The summed E-state index contributed by atoms with van der Waals surface area (Å²) < 4.78 is 54.2. The van der Waals surface area contributed by atoms with Gasteiger partial charge in [0.2, 0.25) is 10.0 Å². The Hall–Kier alpha value is -4.04. The molecule has 6 rings (SSSR count). The monoisotopic (exact) mass is 704 g/mol. The largest absolute Gasteiger partial charge is 0.497 e. The van der Waals surface area contributed by atoms with Crippen LogP contribution in [0, 0.1) is 6.92 Å². The predicted molar refractivity (Wildman–Crippen MR) is 190 cm³/mol. The molecule has 1 fully saturated rings. The third-order valence-corrected chi connectivity index (χ3v) is 11.8. The second-order valence-corrected chi connectivity index (χ2v) is 15.7. The van der Waals surface area contributed by atoms with Crippen LogP contribution in [0.1, 0.15) is 61.5 Å². The number of aromatic amines is 1. The highest BCUT2D eigenvalue weighted by molar-refractivity contribution is 7.89. The molecular weight excluding hydrogens is 657 g/mol. The smallest absolute Gasteiger partial charge is 0.243 e. The van der Waals surface area contributed by atoms with Crippen molar-refractivity contribution >= 4 is 15.7 Å². The van der Waals surface area contributed by atoms with Crippen molar-refractivity contribution in [3.05, 3.63) is 89.2 Å². The van der Waals surface area contributed by atoms with Gasteiger partial charge in [-0.05, 0) is 73.7 Å². The molecule has 13 heteroatoms. The van der Waals surface area contributed by atoms with Crippen LogP contribution in [0.3, 0.4) is 0 Å². The van der Waals surface area contributed by atoms with Crippen molar-refractivity contribution < 1.29 is 27.4 Å². The number of hydrogen-bond acceptors (Lipinski definition) is 10.